The molecule has 116 valence electrons. The molecule has 1 unspecified atom stereocenters. The maximum absolute atomic E-state index is 13.4. The van der Waals surface area contributed by atoms with Crippen molar-refractivity contribution in [1.29, 1.82) is 0 Å². The van der Waals surface area contributed by atoms with E-state index in [1.807, 2.05) is 0 Å². The lowest BCUT2D eigenvalue weighted by Crippen LogP contribution is -2.38. The molecule has 1 fully saturated rings. The number of hydrogen-bond donors (Lipinski definition) is 1. The molecule has 21 heavy (non-hydrogen) atoms. The number of aliphatic carboxylic acids is 1. The van der Waals surface area contributed by atoms with E-state index in [-0.39, 0.29) is 5.56 Å². The molecule has 0 aromatic heterocycles. The number of carbonyl (C=O) groups is 1. The van der Waals surface area contributed by atoms with Gasteiger partial charge in [-0.3, -0.25) is 9.69 Å². The second-order valence-corrected chi connectivity index (χ2v) is 5.11. The van der Waals surface area contributed by atoms with Gasteiger partial charge in [-0.2, -0.15) is 13.2 Å². The first-order chi connectivity index (χ1) is 9.79. The van der Waals surface area contributed by atoms with Gasteiger partial charge in [0.25, 0.3) is 0 Å². The molecule has 1 aliphatic rings. The summed E-state index contributed by atoms with van der Waals surface area (Å²) in [5.74, 6) is -2.35. The summed E-state index contributed by atoms with van der Waals surface area (Å²) in [6.45, 7) is 0.962. The van der Waals surface area contributed by atoms with Crippen LogP contribution in [0.15, 0.2) is 18.2 Å². The molecule has 0 amide bonds. The van der Waals surface area contributed by atoms with Crippen molar-refractivity contribution in [3.63, 3.8) is 0 Å². The number of halogens is 4. The van der Waals surface area contributed by atoms with E-state index >= 15 is 0 Å². The molecule has 0 spiro atoms. The molecule has 1 aliphatic heterocycles. The summed E-state index contributed by atoms with van der Waals surface area (Å²) in [4.78, 5) is 13.0. The van der Waals surface area contributed by atoms with Gasteiger partial charge in [0.15, 0.2) is 0 Å². The van der Waals surface area contributed by atoms with Crippen molar-refractivity contribution in [3.05, 3.63) is 35.1 Å². The second kappa shape index (κ2) is 6.01. The van der Waals surface area contributed by atoms with Gasteiger partial charge >= 0.3 is 12.1 Å². The van der Waals surface area contributed by atoms with Crippen molar-refractivity contribution >= 4 is 5.97 Å². The zero-order valence-electron chi connectivity index (χ0n) is 11.2. The van der Waals surface area contributed by atoms with E-state index in [1.165, 1.54) is 0 Å². The van der Waals surface area contributed by atoms with Gasteiger partial charge in [-0.25, -0.2) is 4.39 Å². The monoisotopic (exact) mass is 305 g/mol. The number of nitrogens with zero attached hydrogens (tertiary/aromatic N) is 1. The molecule has 3 nitrogen and oxygen atoms in total. The minimum atomic E-state index is -4.71. The number of alkyl halides is 3. The van der Waals surface area contributed by atoms with Crippen molar-refractivity contribution in [2.75, 3.05) is 13.1 Å². The lowest BCUT2D eigenvalue weighted by atomic mass is 9.99. The smallest absolute Gasteiger partial charge is 0.416 e. The summed E-state index contributed by atoms with van der Waals surface area (Å²) in [6.07, 6.45) is -2.18. The first-order valence-corrected chi connectivity index (χ1v) is 6.63. The summed E-state index contributed by atoms with van der Waals surface area (Å²) in [5.41, 5.74) is -1.34. The SMILES string of the molecule is O=C(O)C(c1cc(F)cc(C(F)(F)F)c1)N1CCCCC1. The third kappa shape index (κ3) is 3.72. The van der Waals surface area contributed by atoms with E-state index in [0.29, 0.717) is 19.2 Å². The summed E-state index contributed by atoms with van der Waals surface area (Å²) in [5, 5.41) is 9.32. The molecule has 0 saturated carbocycles. The van der Waals surface area contributed by atoms with Gasteiger partial charge in [-0.1, -0.05) is 6.42 Å². The fourth-order valence-electron chi connectivity index (χ4n) is 2.62. The fraction of sp³-hybridized carbons (Fsp3) is 0.500. The van der Waals surface area contributed by atoms with Gasteiger partial charge in [-0.05, 0) is 49.7 Å². The van der Waals surface area contributed by atoms with Gasteiger partial charge in [0.1, 0.15) is 11.9 Å². The highest BCUT2D eigenvalue weighted by Crippen LogP contribution is 2.33. The van der Waals surface area contributed by atoms with Crippen molar-refractivity contribution in [1.82, 2.24) is 4.90 Å². The van der Waals surface area contributed by atoms with Crippen LogP contribution in [0, 0.1) is 5.82 Å². The average molecular weight is 305 g/mol. The Balaban J connectivity index is 2.40. The van der Waals surface area contributed by atoms with Crippen molar-refractivity contribution < 1.29 is 27.5 Å². The predicted octanol–water partition coefficient (Wildman–Crippen LogP) is 3.46. The Morgan fingerprint density at radius 3 is 2.29 bits per heavy atom. The van der Waals surface area contributed by atoms with E-state index < -0.39 is 29.6 Å². The molecule has 0 aliphatic carbocycles. The molecule has 0 bridgehead atoms. The Kier molecular flexibility index (Phi) is 4.51. The molecule has 1 heterocycles. The van der Waals surface area contributed by atoms with Gasteiger partial charge < -0.3 is 5.11 Å². The number of hydrogen-bond acceptors (Lipinski definition) is 2. The molecule has 1 aromatic carbocycles. The van der Waals surface area contributed by atoms with Crippen LogP contribution in [0.1, 0.15) is 36.4 Å². The minimum absolute atomic E-state index is 0.170. The van der Waals surface area contributed by atoms with Crippen LogP contribution in [0.5, 0.6) is 0 Å². The quantitative estimate of drug-likeness (QED) is 0.870. The summed E-state index contributed by atoms with van der Waals surface area (Å²) in [6, 6.07) is 0.708. The molecule has 1 N–H and O–H groups in total. The van der Waals surface area contributed by atoms with Gasteiger partial charge in [0, 0.05) is 0 Å². The third-order valence-corrected chi connectivity index (χ3v) is 3.55. The lowest BCUT2D eigenvalue weighted by Gasteiger charge is -2.32. The molecule has 1 aromatic rings. The Labute approximate surface area is 119 Å². The van der Waals surface area contributed by atoms with E-state index in [9.17, 15) is 27.5 Å². The first-order valence-electron chi connectivity index (χ1n) is 6.63. The predicted molar refractivity (Wildman–Crippen MR) is 67.2 cm³/mol. The summed E-state index contributed by atoms with van der Waals surface area (Å²) < 4.78 is 51.6. The Bertz CT molecular complexity index is 524. The van der Waals surface area contributed by atoms with Crippen LogP contribution in [-0.4, -0.2) is 29.1 Å². The lowest BCUT2D eigenvalue weighted by molar-refractivity contribution is -0.144. The Morgan fingerprint density at radius 2 is 1.76 bits per heavy atom. The van der Waals surface area contributed by atoms with E-state index in [2.05, 4.69) is 0 Å². The highest BCUT2D eigenvalue weighted by Gasteiger charge is 2.34. The number of piperidine rings is 1. The first kappa shape index (κ1) is 15.8. The number of likely N-dealkylation sites (tertiary alicyclic amines) is 1. The Hall–Kier alpha value is -1.63. The van der Waals surface area contributed by atoms with Crippen LogP contribution in [0.25, 0.3) is 0 Å². The molecule has 1 atom stereocenters. The molecule has 2 rings (SSSR count). The highest BCUT2D eigenvalue weighted by molar-refractivity contribution is 5.75. The maximum atomic E-state index is 13.4. The van der Waals surface area contributed by atoms with Crippen LogP contribution in [0.4, 0.5) is 17.6 Å². The molecular weight excluding hydrogens is 290 g/mol. The third-order valence-electron chi connectivity index (χ3n) is 3.55. The fourth-order valence-corrected chi connectivity index (χ4v) is 2.62. The number of benzene rings is 1. The standard InChI is InChI=1S/C14H15F4NO2/c15-11-7-9(6-10(8-11)14(16,17)18)12(13(20)21)19-4-2-1-3-5-19/h6-8,12H,1-5H2,(H,20,21). The average Bonchev–Trinajstić information content (AvgIpc) is 2.38. The largest absolute Gasteiger partial charge is 0.480 e. The Morgan fingerprint density at radius 1 is 1.14 bits per heavy atom. The number of rotatable bonds is 3. The number of carboxylic acids is 1. The number of carboxylic acid groups (broad SMARTS) is 1. The summed E-state index contributed by atoms with van der Waals surface area (Å²) >= 11 is 0. The van der Waals surface area contributed by atoms with Gasteiger partial charge in [0.2, 0.25) is 0 Å². The van der Waals surface area contributed by atoms with E-state index in [1.54, 1.807) is 4.90 Å². The normalized spacial score (nSPS) is 18.5. The van der Waals surface area contributed by atoms with E-state index in [0.717, 1.165) is 31.4 Å². The summed E-state index contributed by atoms with van der Waals surface area (Å²) in [7, 11) is 0. The molecule has 0 radical (unpaired) electrons. The topological polar surface area (TPSA) is 40.5 Å². The zero-order valence-corrected chi connectivity index (χ0v) is 11.2. The van der Waals surface area contributed by atoms with E-state index in [4.69, 9.17) is 0 Å². The van der Waals surface area contributed by atoms with Gasteiger partial charge in [0.05, 0.1) is 5.56 Å². The molecular formula is C14H15F4NO2. The second-order valence-electron chi connectivity index (χ2n) is 5.11. The van der Waals surface area contributed by atoms with Crippen LogP contribution < -0.4 is 0 Å². The maximum Gasteiger partial charge on any atom is 0.416 e. The van der Waals surface area contributed by atoms with Crippen molar-refractivity contribution in [2.24, 2.45) is 0 Å². The van der Waals surface area contributed by atoms with Crippen LogP contribution >= 0.6 is 0 Å². The van der Waals surface area contributed by atoms with Gasteiger partial charge in [-0.15, -0.1) is 0 Å². The van der Waals surface area contributed by atoms with Crippen LogP contribution in [0.3, 0.4) is 0 Å². The zero-order chi connectivity index (χ0) is 15.6. The van der Waals surface area contributed by atoms with Crippen molar-refractivity contribution in [3.8, 4) is 0 Å². The molecule has 1 saturated heterocycles. The van der Waals surface area contributed by atoms with Crippen molar-refractivity contribution in [2.45, 2.75) is 31.5 Å². The minimum Gasteiger partial charge on any atom is -0.480 e. The van der Waals surface area contributed by atoms with Crippen LogP contribution in [-0.2, 0) is 11.0 Å². The van der Waals surface area contributed by atoms with Crippen LogP contribution in [0.2, 0.25) is 0 Å². The highest BCUT2D eigenvalue weighted by atomic mass is 19.4. The molecule has 7 heteroatoms.